The fraction of sp³-hybridized carbons (Fsp3) is 0.900. The molecule has 2 rings (SSSR count). The Morgan fingerprint density at radius 3 is 2.26 bits per heavy atom. The molecule has 2 aliphatic heterocycles. The van der Waals surface area contributed by atoms with Crippen molar-refractivity contribution in [1.29, 1.82) is 0 Å². The molecule has 0 radical (unpaired) electrons. The Labute approximate surface area is 164 Å². The highest BCUT2D eigenvalue weighted by atomic mass is 16.6. The van der Waals surface area contributed by atoms with E-state index in [4.69, 9.17) is 4.74 Å². The van der Waals surface area contributed by atoms with E-state index in [9.17, 15) is 9.59 Å². The summed E-state index contributed by atoms with van der Waals surface area (Å²) in [5.74, 6) is 1.40. The van der Waals surface area contributed by atoms with Crippen molar-refractivity contribution in [3.8, 4) is 0 Å². The Kier molecular flexibility index (Phi) is 7.77. The molecule has 7 nitrogen and oxygen atoms in total. The van der Waals surface area contributed by atoms with Gasteiger partial charge in [0.2, 0.25) is 0 Å². The molecule has 2 aliphatic rings. The normalized spacial score (nSPS) is 25.1. The van der Waals surface area contributed by atoms with E-state index >= 15 is 0 Å². The number of carbonyl (C=O) groups is 2. The number of hydrogen-bond acceptors (Lipinski definition) is 4. The van der Waals surface area contributed by atoms with Crippen LogP contribution in [0.4, 0.5) is 9.59 Å². The van der Waals surface area contributed by atoms with E-state index in [2.05, 4.69) is 43.2 Å². The van der Waals surface area contributed by atoms with Gasteiger partial charge in [-0.05, 0) is 51.9 Å². The van der Waals surface area contributed by atoms with Crippen LogP contribution in [-0.4, -0.2) is 72.8 Å². The van der Waals surface area contributed by atoms with Crippen molar-refractivity contribution in [2.75, 3.05) is 39.3 Å². The van der Waals surface area contributed by atoms with Crippen molar-refractivity contribution in [3.63, 3.8) is 0 Å². The lowest BCUT2D eigenvalue weighted by Gasteiger charge is -2.45. The van der Waals surface area contributed by atoms with Gasteiger partial charge in [0, 0.05) is 44.3 Å². The smallest absolute Gasteiger partial charge is 0.409 e. The van der Waals surface area contributed by atoms with E-state index in [1.807, 2.05) is 6.92 Å². The molecule has 0 bridgehead atoms. The number of urea groups is 1. The van der Waals surface area contributed by atoms with Crippen LogP contribution in [0.25, 0.3) is 0 Å². The number of carbonyl (C=O) groups excluding carboxylic acids is 2. The highest BCUT2D eigenvalue weighted by Gasteiger charge is 2.33. The molecular formula is C20H38N4O3. The van der Waals surface area contributed by atoms with E-state index < -0.39 is 0 Å². The lowest BCUT2D eigenvalue weighted by Crippen LogP contribution is -2.57. The molecule has 2 unspecified atom stereocenters. The summed E-state index contributed by atoms with van der Waals surface area (Å²) in [5, 5.41) is 6.11. The summed E-state index contributed by atoms with van der Waals surface area (Å²) in [6.07, 6.45) is 2.55. The lowest BCUT2D eigenvalue weighted by molar-refractivity contribution is 0.0471. The fourth-order valence-corrected chi connectivity index (χ4v) is 4.22. The Morgan fingerprint density at radius 2 is 1.70 bits per heavy atom. The van der Waals surface area contributed by atoms with E-state index in [0.717, 1.165) is 25.9 Å². The number of piperidine rings is 2. The molecular weight excluding hydrogens is 344 g/mol. The number of hydrogen-bond donors (Lipinski definition) is 2. The molecule has 7 heteroatoms. The largest absolute Gasteiger partial charge is 0.450 e. The molecule has 0 saturated carbocycles. The summed E-state index contributed by atoms with van der Waals surface area (Å²) < 4.78 is 5.03. The van der Waals surface area contributed by atoms with Gasteiger partial charge in [0.15, 0.2) is 0 Å². The summed E-state index contributed by atoms with van der Waals surface area (Å²) in [6.45, 7) is 15.3. The fourth-order valence-electron chi connectivity index (χ4n) is 4.22. The van der Waals surface area contributed by atoms with Crippen LogP contribution in [0, 0.1) is 11.8 Å². The molecule has 0 aromatic carbocycles. The highest BCUT2D eigenvalue weighted by Crippen LogP contribution is 2.26. The van der Waals surface area contributed by atoms with E-state index in [1.54, 1.807) is 4.90 Å². The molecule has 0 aromatic rings. The van der Waals surface area contributed by atoms with Crippen molar-refractivity contribution in [2.45, 2.75) is 65.5 Å². The van der Waals surface area contributed by atoms with Crippen molar-refractivity contribution in [1.82, 2.24) is 20.4 Å². The molecule has 156 valence electrons. The minimum Gasteiger partial charge on any atom is -0.450 e. The van der Waals surface area contributed by atoms with Gasteiger partial charge in [0.05, 0.1) is 6.61 Å². The van der Waals surface area contributed by atoms with Gasteiger partial charge < -0.3 is 20.3 Å². The van der Waals surface area contributed by atoms with Crippen molar-refractivity contribution in [3.05, 3.63) is 0 Å². The van der Waals surface area contributed by atoms with Crippen molar-refractivity contribution >= 4 is 12.1 Å². The van der Waals surface area contributed by atoms with Crippen LogP contribution in [0.1, 0.15) is 53.9 Å². The SMILES string of the molecule is CCOC(=O)N1CCC(NC(=O)NCC(C)(C)N2CC(C)CC(C)C2)CC1. The minimum absolute atomic E-state index is 0.0619. The molecule has 3 amide bonds. The molecule has 2 atom stereocenters. The predicted molar refractivity (Wildman–Crippen MR) is 107 cm³/mol. The third kappa shape index (κ3) is 6.55. The zero-order valence-electron chi connectivity index (χ0n) is 17.7. The third-order valence-electron chi connectivity index (χ3n) is 5.76. The number of amides is 3. The van der Waals surface area contributed by atoms with Crippen LogP contribution >= 0.6 is 0 Å². The van der Waals surface area contributed by atoms with Crippen LogP contribution < -0.4 is 10.6 Å². The van der Waals surface area contributed by atoms with Crippen LogP contribution in [0.5, 0.6) is 0 Å². The Morgan fingerprint density at radius 1 is 1.11 bits per heavy atom. The van der Waals surface area contributed by atoms with Crippen LogP contribution in [0.3, 0.4) is 0 Å². The molecule has 2 fully saturated rings. The second-order valence-corrected chi connectivity index (χ2v) is 8.95. The number of nitrogens with zero attached hydrogens (tertiary/aromatic N) is 2. The molecule has 2 saturated heterocycles. The molecule has 2 heterocycles. The maximum absolute atomic E-state index is 12.3. The Bertz CT molecular complexity index is 493. The van der Waals surface area contributed by atoms with E-state index in [1.165, 1.54) is 6.42 Å². The van der Waals surface area contributed by atoms with E-state index in [0.29, 0.717) is 38.1 Å². The van der Waals surface area contributed by atoms with Gasteiger partial charge in [-0.15, -0.1) is 0 Å². The van der Waals surface area contributed by atoms with Crippen molar-refractivity contribution in [2.24, 2.45) is 11.8 Å². The summed E-state index contributed by atoms with van der Waals surface area (Å²) >= 11 is 0. The van der Waals surface area contributed by atoms with Gasteiger partial charge in [0.1, 0.15) is 0 Å². The zero-order valence-corrected chi connectivity index (χ0v) is 17.7. The van der Waals surface area contributed by atoms with Crippen LogP contribution in [0.15, 0.2) is 0 Å². The Hall–Kier alpha value is -1.50. The first kappa shape index (κ1) is 21.8. The standard InChI is InChI=1S/C20H38N4O3/c1-6-27-19(26)23-9-7-17(8-10-23)22-18(25)21-14-20(4,5)24-12-15(2)11-16(3)13-24/h15-17H,6-14H2,1-5H3,(H2,21,22,25). The number of likely N-dealkylation sites (tertiary alicyclic amines) is 2. The average Bonchev–Trinajstić information content (AvgIpc) is 2.60. The number of ether oxygens (including phenoxy) is 1. The molecule has 27 heavy (non-hydrogen) atoms. The lowest BCUT2D eigenvalue weighted by atomic mass is 9.88. The van der Waals surface area contributed by atoms with Gasteiger partial charge in [-0.1, -0.05) is 13.8 Å². The minimum atomic E-state index is -0.257. The summed E-state index contributed by atoms with van der Waals surface area (Å²) in [5.41, 5.74) is -0.0619. The molecule has 0 aliphatic carbocycles. The van der Waals surface area contributed by atoms with Gasteiger partial charge in [-0.2, -0.15) is 0 Å². The second kappa shape index (κ2) is 9.62. The summed E-state index contributed by atoms with van der Waals surface area (Å²) in [4.78, 5) is 28.3. The second-order valence-electron chi connectivity index (χ2n) is 8.95. The molecule has 2 N–H and O–H groups in total. The van der Waals surface area contributed by atoms with Gasteiger partial charge >= 0.3 is 12.1 Å². The van der Waals surface area contributed by atoms with Crippen LogP contribution in [-0.2, 0) is 4.74 Å². The monoisotopic (exact) mass is 382 g/mol. The first-order chi connectivity index (χ1) is 12.7. The topological polar surface area (TPSA) is 73.9 Å². The average molecular weight is 383 g/mol. The van der Waals surface area contributed by atoms with Gasteiger partial charge in [-0.25, -0.2) is 9.59 Å². The third-order valence-corrected chi connectivity index (χ3v) is 5.76. The summed E-state index contributed by atoms with van der Waals surface area (Å²) in [6, 6.07) is -0.00964. The molecule has 0 aromatic heterocycles. The predicted octanol–water partition coefficient (Wildman–Crippen LogP) is 2.66. The van der Waals surface area contributed by atoms with Crippen LogP contribution in [0.2, 0.25) is 0 Å². The zero-order chi connectivity index (χ0) is 20.0. The first-order valence-corrected chi connectivity index (χ1v) is 10.4. The number of nitrogens with one attached hydrogen (secondary N) is 2. The quantitative estimate of drug-likeness (QED) is 0.767. The van der Waals surface area contributed by atoms with E-state index in [-0.39, 0.29) is 23.7 Å². The number of rotatable bonds is 5. The highest BCUT2D eigenvalue weighted by molar-refractivity contribution is 5.74. The maximum Gasteiger partial charge on any atom is 0.409 e. The Balaban J connectivity index is 1.72. The molecule has 0 spiro atoms. The first-order valence-electron chi connectivity index (χ1n) is 10.4. The summed E-state index contributed by atoms with van der Waals surface area (Å²) in [7, 11) is 0. The van der Waals surface area contributed by atoms with Gasteiger partial charge in [-0.3, -0.25) is 4.90 Å². The van der Waals surface area contributed by atoms with Crippen molar-refractivity contribution < 1.29 is 14.3 Å². The maximum atomic E-state index is 12.3. The van der Waals surface area contributed by atoms with Gasteiger partial charge in [0.25, 0.3) is 0 Å².